The Labute approximate surface area is 135 Å². The van der Waals surface area contributed by atoms with E-state index >= 15 is 0 Å². The highest BCUT2D eigenvalue weighted by molar-refractivity contribution is 7.23. The fourth-order valence-corrected chi connectivity index (χ4v) is 3.11. The number of ether oxygens (including phenoxy) is 1. The summed E-state index contributed by atoms with van der Waals surface area (Å²) in [7, 11) is 0. The number of benzene rings is 1. The molecule has 116 valence electrons. The predicted octanol–water partition coefficient (Wildman–Crippen LogP) is 3.74. The summed E-state index contributed by atoms with van der Waals surface area (Å²) in [4.78, 5) is 27.4. The lowest BCUT2D eigenvalue weighted by molar-refractivity contribution is 0.0700. The van der Waals surface area contributed by atoms with Crippen molar-refractivity contribution in [1.82, 2.24) is 4.98 Å². The minimum absolute atomic E-state index is 0.0257. The summed E-state index contributed by atoms with van der Waals surface area (Å²) in [6.07, 6.45) is 0.807. The first-order chi connectivity index (χ1) is 11.1. The zero-order valence-electron chi connectivity index (χ0n) is 11.9. The number of hydrogen-bond acceptors (Lipinski definition) is 5. The summed E-state index contributed by atoms with van der Waals surface area (Å²) in [5, 5.41) is 12.0. The van der Waals surface area contributed by atoms with Crippen molar-refractivity contribution >= 4 is 38.6 Å². The van der Waals surface area contributed by atoms with Gasteiger partial charge in [0.15, 0.2) is 0 Å². The average molecular weight is 328 g/mol. The van der Waals surface area contributed by atoms with Crippen LogP contribution in [0, 0.1) is 0 Å². The third-order valence-electron chi connectivity index (χ3n) is 3.09. The van der Waals surface area contributed by atoms with Crippen LogP contribution in [0.2, 0.25) is 0 Å². The van der Waals surface area contributed by atoms with Crippen LogP contribution in [0.25, 0.3) is 10.2 Å². The van der Waals surface area contributed by atoms with Crippen molar-refractivity contribution in [2.24, 2.45) is 0 Å². The molecule has 0 saturated carbocycles. The molecule has 1 aromatic carbocycles. The van der Waals surface area contributed by atoms with E-state index in [0.29, 0.717) is 10.2 Å². The van der Waals surface area contributed by atoms with E-state index in [4.69, 9.17) is 4.74 Å². The van der Waals surface area contributed by atoms with Gasteiger partial charge in [-0.1, -0.05) is 30.3 Å². The molecule has 0 aliphatic carbocycles. The van der Waals surface area contributed by atoms with E-state index in [2.05, 4.69) is 10.3 Å². The van der Waals surface area contributed by atoms with Gasteiger partial charge in [0.25, 0.3) is 0 Å². The molecule has 0 fully saturated rings. The number of carbonyl (C=O) groups is 2. The monoisotopic (exact) mass is 328 g/mol. The Bertz CT molecular complexity index is 861. The molecule has 0 spiro atoms. The first-order valence-electron chi connectivity index (χ1n) is 6.73. The number of aromatic carboxylic acids is 1. The molecule has 2 heterocycles. The maximum Gasteiger partial charge on any atom is 0.412 e. The molecule has 0 aliphatic rings. The van der Waals surface area contributed by atoms with Crippen LogP contribution in [0.3, 0.4) is 0 Å². The highest BCUT2D eigenvalue weighted by Crippen LogP contribution is 2.34. The molecule has 7 heteroatoms. The van der Waals surface area contributed by atoms with Gasteiger partial charge in [-0.2, -0.15) is 0 Å². The fraction of sp³-hybridized carbons (Fsp3) is 0.0625. The van der Waals surface area contributed by atoms with Crippen molar-refractivity contribution in [3.63, 3.8) is 0 Å². The normalized spacial score (nSPS) is 10.4. The van der Waals surface area contributed by atoms with Crippen LogP contribution in [0.15, 0.2) is 48.7 Å². The molecule has 6 nitrogen and oxygen atoms in total. The Morgan fingerprint density at radius 2 is 1.96 bits per heavy atom. The lowest BCUT2D eigenvalue weighted by atomic mass is 10.2. The van der Waals surface area contributed by atoms with Gasteiger partial charge in [0.2, 0.25) is 0 Å². The number of amides is 1. The Kier molecular flexibility index (Phi) is 4.20. The minimum Gasteiger partial charge on any atom is -0.478 e. The molecule has 1 amide bonds. The van der Waals surface area contributed by atoms with Crippen LogP contribution in [-0.4, -0.2) is 22.2 Å². The molecule has 2 aromatic heterocycles. The first kappa shape index (κ1) is 15.0. The van der Waals surface area contributed by atoms with Crippen LogP contribution in [0.1, 0.15) is 15.9 Å². The van der Waals surface area contributed by atoms with Gasteiger partial charge in [0, 0.05) is 6.20 Å². The van der Waals surface area contributed by atoms with Gasteiger partial charge in [0.05, 0.1) is 10.2 Å². The molecule has 0 saturated heterocycles. The molecule has 3 rings (SSSR count). The van der Waals surface area contributed by atoms with Crippen LogP contribution < -0.4 is 5.32 Å². The van der Waals surface area contributed by atoms with Crippen molar-refractivity contribution in [2.75, 3.05) is 5.32 Å². The lowest BCUT2D eigenvalue weighted by Gasteiger charge is -2.06. The number of fused-ring (bicyclic) bond motifs is 1. The zero-order valence-corrected chi connectivity index (χ0v) is 12.7. The zero-order chi connectivity index (χ0) is 16.2. The van der Waals surface area contributed by atoms with Crippen LogP contribution >= 0.6 is 11.3 Å². The highest BCUT2D eigenvalue weighted by Gasteiger charge is 2.21. The van der Waals surface area contributed by atoms with Crippen LogP contribution in [0.5, 0.6) is 0 Å². The molecule has 0 atom stereocenters. The summed E-state index contributed by atoms with van der Waals surface area (Å²) in [5.74, 6) is -1.15. The Balaban J connectivity index is 1.77. The van der Waals surface area contributed by atoms with E-state index in [1.165, 1.54) is 6.20 Å². The van der Waals surface area contributed by atoms with E-state index < -0.39 is 12.1 Å². The Morgan fingerprint density at radius 3 is 2.70 bits per heavy atom. The van der Waals surface area contributed by atoms with Crippen LogP contribution in [0.4, 0.5) is 9.80 Å². The molecule has 3 aromatic rings. The van der Waals surface area contributed by atoms with E-state index in [-0.39, 0.29) is 17.2 Å². The van der Waals surface area contributed by atoms with Crippen molar-refractivity contribution in [3.05, 3.63) is 59.8 Å². The summed E-state index contributed by atoms with van der Waals surface area (Å²) >= 11 is 1.15. The summed E-state index contributed by atoms with van der Waals surface area (Å²) in [6, 6.07) is 12.7. The number of carboxylic acid groups (broad SMARTS) is 1. The maximum absolute atomic E-state index is 11.9. The average Bonchev–Trinajstić information content (AvgIpc) is 2.91. The Hall–Kier alpha value is -2.93. The number of thiophene rings is 1. The molecular weight excluding hydrogens is 316 g/mol. The molecule has 2 N–H and O–H groups in total. The van der Waals surface area contributed by atoms with Gasteiger partial charge in [-0.3, -0.25) is 10.3 Å². The quantitative estimate of drug-likeness (QED) is 0.761. The number of pyridine rings is 1. The van der Waals surface area contributed by atoms with Crippen molar-refractivity contribution in [3.8, 4) is 0 Å². The maximum atomic E-state index is 11.9. The third-order valence-corrected chi connectivity index (χ3v) is 4.15. The van der Waals surface area contributed by atoms with Crippen molar-refractivity contribution < 1.29 is 19.4 Å². The van der Waals surface area contributed by atoms with Crippen molar-refractivity contribution in [1.29, 1.82) is 0 Å². The number of nitrogens with zero attached hydrogens (tertiary/aromatic N) is 1. The predicted molar refractivity (Wildman–Crippen MR) is 86.8 cm³/mol. The topological polar surface area (TPSA) is 88.5 Å². The molecule has 0 bridgehead atoms. The second-order valence-electron chi connectivity index (χ2n) is 4.65. The fourth-order valence-electron chi connectivity index (χ4n) is 2.07. The molecular formula is C16H12N2O4S. The van der Waals surface area contributed by atoms with Gasteiger partial charge in [-0.25, -0.2) is 9.59 Å². The summed E-state index contributed by atoms with van der Waals surface area (Å²) < 4.78 is 5.79. The van der Waals surface area contributed by atoms with Crippen molar-refractivity contribution in [2.45, 2.75) is 6.61 Å². The second kappa shape index (κ2) is 6.45. The van der Waals surface area contributed by atoms with E-state index in [1.807, 2.05) is 30.3 Å². The Morgan fingerprint density at radius 1 is 1.17 bits per heavy atom. The molecule has 23 heavy (non-hydrogen) atoms. The number of rotatable bonds is 4. The van der Waals surface area contributed by atoms with Gasteiger partial charge in [-0.15, -0.1) is 11.3 Å². The molecule has 0 aliphatic heterocycles. The standard InChI is InChI=1S/C16H12N2O4S/c19-15(20)12-13-11(7-4-8-17-13)23-14(12)18-16(21)22-9-10-5-2-1-3-6-10/h1-8H,9H2,(H,18,21)(H,19,20). The lowest BCUT2D eigenvalue weighted by Crippen LogP contribution is -2.14. The van der Waals surface area contributed by atoms with Gasteiger partial charge in [0.1, 0.15) is 17.2 Å². The number of anilines is 1. The second-order valence-corrected chi connectivity index (χ2v) is 5.70. The SMILES string of the molecule is O=C(Nc1sc2cccnc2c1C(=O)O)OCc1ccccc1. The summed E-state index contributed by atoms with van der Waals surface area (Å²) in [5.41, 5.74) is 1.17. The number of nitrogens with one attached hydrogen (secondary N) is 1. The van der Waals surface area contributed by atoms with Gasteiger partial charge in [-0.05, 0) is 17.7 Å². The molecule has 0 unspecified atom stereocenters. The van der Waals surface area contributed by atoms with Crippen LogP contribution in [-0.2, 0) is 11.3 Å². The highest BCUT2D eigenvalue weighted by atomic mass is 32.1. The van der Waals surface area contributed by atoms with E-state index in [1.54, 1.807) is 12.1 Å². The van der Waals surface area contributed by atoms with E-state index in [0.717, 1.165) is 16.9 Å². The molecule has 0 radical (unpaired) electrons. The third kappa shape index (κ3) is 3.29. The smallest absolute Gasteiger partial charge is 0.412 e. The minimum atomic E-state index is -1.15. The number of hydrogen-bond donors (Lipinski definition) is 2. The summed E-state index contributed by atoms with van der Waals surface area (Å²) in [6.45, 7) is 0.109. The number of carboxylic acids is 1. The first-order valence-corrected chi connectivity index (χ1v) is 7.55. The van der Waals surface area contributed by atoms with Gasteiger partial charge >= 0.3 is 12.1 Å². The number of carbonyl (C=O) groups excluding carboxylic acids is 1. The number of aromatic nitrogens is 1. The van der Waals surface area contributed by atoms with E-state index in [9.17, 15) is 14.7 Å². The van der Waals surface area contributed by atoms with Gasteiger partial charge < -0.3 is 9.84 Å². The largest absolute Gasteiger partial charge is 0.478 e.